The van der Waals surface area contributed by atoms with Gasteiger partial charge in [-0.2, -0.15) is 0 Å². The third kappa shape index (κ3) is 4.10. The fourth-order valence-corrected chi connectivity index (χ4v) is 2.31. The Morgan fingerprint density at radius 1 is 1.12 bits per heavy atom. The molecular formula is C18H14ClFN4O. The van der Waals surface area contributed by atoms with Gasteiger partial charge >= 0.3 is 0 Å². The van der Waals surface area contributed by atoms with Gasteiger partial charge in [0, 0.05) is 22.6 Å². The normalized spacial score (nSPS) is 10.4. The molecule has 0 saturated heterocycles. The Kier molecular flexibility index (Phi) is 4.90. The van der Waals surface area contributed by atoms with E-state index in [2.05, 4.69) is 20.6 Å². The smallest absolute Gasteiger partial charge is 0.274 e. The van der Waals surface area contributed by atoms with E-state index in [1.165, 1.54) is 24.4 Å². The molecule has 126 valence electrons. The molecule has 0 bridgehead atoms. The van der Waals surface area contributed by atoms with Crippen LogP contribution in [0.25, 0.3) is 0 Å². The van der Waals surface area contributed by atoms with Crippen molar-refractivity contribution in [2.45, 2.75) is 6.92 Å². The second-order valence-electron chi connectivity index (χ2n) is 5.26. The van der Waals surface area contributed by atoms with Crippen molar-refractivity contribution >= 4 is 34.8 Å². The molecule has 1 amide bonds. The number of anilines is 3. The minimum absolute atomic E-state index is 0.194. The van der Waals surface area contributed by atoms with Crippen LogP contribution in [-0.2, 0) is 0 Å². The summed E-state index contributed by atoms with van der Waals surface area (Å²) >= 11 is 6.06. The van der Waals surface area contributed by atoms with Crippen molar-refractivity contribution < 1.29 is 9.18 Å². The summed E-state index contributed by atoms with van der Waals surface area (Å²) in [7, 11) is 0. The SMILES string of the molecule is Cc1c(Cl)cccc1NC(=O)c1ccnc(Nc2ccc(F)cc2)n1. The molecule has 2 N–H and O–H groups in total. The van der Waals surface area contributed by atoms with Crippen molar-refractivity contribution in [2.24, 2.45) is 0 Å². The number of halogens is 2. The fraction of sp³-hybridized carbons (Fsp3) is 0.0556. The van der Waals surface area contributed by atoms with Crippen LogP contribution in [0.5, 0.6) is 0 Å². The summed E-state index contributed by atoms with van der Waals surface area (Å²) in [6.07, 6.45) is 1.47. The summed E-state index contributed by atoms with van der Waals surface area (Å²) in [4.78, 5) is 20.6. The first kappa shape index (κ1) is 16.9. The van der Waals surface area contributed by atoms with Gasteiger partial charge in [0.2, 0.25) is 5.95 Å². The van der Waals surface area contributed by atoms with E-state index in [-0.39, 0.29) is 23.4 Å². The summed E-state index contributed by atoms with van der Waals surface area (Å²) in [6.45, 7) is 1.82. The van der Waals surface area contributed by atoms with Gasteiger partial charge in [0.1, 0.15) is 11.5 Å². The lowest BCUT2D eigenvalue weighted by Crippen LogP contribution is -2.15. The van der Waals surface area contributed by atoms with Gasteiger partial charge in [-0.05, 0) is 55.0 Å². The van der Waals surface area contributed by atoms with Crippen molar-refractivity contribution in [3.8, 4) is 0 Å². The van der Waals surface area contributed by atoms with E-state index in [4.69, 9.17) is 11.6 Å². The monoisotopic (exact) mass is 356 g/mol. The highest BCUT2D eigenvalue weighted by atomic mass is 35.5. The standard InChI is InChI=1S/C18H14ClFN4O/c1-11-14(19)3-2-4-15(11)23-17(25)16-9-10-21-18(24-16)22-13-7-5-12(20)6-8-13/h2-10H,1H3,(H,23,25)(H,21,22,24). The van der Waals surface area contributed by atoms with E-state index >= 15 is 0 Å². The van der Waals surface area contributed by atoms with Gasteiger partial charge in [0.15, 0.2) is 0 Å². The molecule has 1 aromatic heterocycles. The molecule has 0 aliphatic rings. The lowest BCUT2D eigenvalue weighted by Gasteiger charge is -2.10. The summed E-state index contributed by atoms with van der Waals surface area (Å²) < 4.78 is 12.9. The van der Waals surface area contributed by atoms with Crippen LogP contribution >= 0.6 is 11.6 Å². The number of rotatable bonds is 4. The van der Waals surface area contributed by atoms with Crippen molar-refractivity contribution in [1.82, 2.24) is 9.97 Å². The summed E-state index contributed by atoms with van der Waals surface area (Å²) in [6, 6.07) is 12.5. The molecule has 0 aliphatic carbocycles. The molecule has 0 radical (unpaired) electrons. The van der Waals surface area contributed by atoms with E-state index in [0.717, 1.165) is 5.56 Å². The molecule has 0 aliphatic heterocycles. The van der Waals surface area contributed by atoms with E-state index in [9.17, 15) is 9.18 Å². The Hall–Kier alpha value is -2.99. The average molecular weight is 357 g/mol. The van der Waals surface area contributed by atoms with Crippen LogP contribution in [-0.4, -0.2) is 15.9 Å². The Morgan fingerprint density at radius 2 is 1.88 bits per heavy atom. The number of carbonyl (C=O) groups excluding carboxylic acids is 1. The molecule has 2 aromatic carbocycles. The van der Waals surface area contributed by atoms with E-state index in [1.807, 2.05) is 6.92 Å². The predicted octanol–water partition coefficient (Wildman–Crippen LogP) is 4.57. The summed E-state index contributed by atoms with van der Waals surface area (Å²) in [5, 5.41) is 6.26. The van der Waals surface area contributed by atoms with Crippen LogP contribution in [0.15, 0.2) is 54.7 Å². The number of hydrogen-bond donors (Lipinski definition) is 2. The summed E-state index contributed by atoms with van der Waals surface area (Å²) in [5.74, 6) is -0.478. The zero-order chi connectivity index (χ0) is 17.8. The molecule has 0 saturated carbocycles. The van der Waals surface area contributed by atoms with Crippen LogP contribution in [0.3, 0.4) is 0 Å². The number of carbonyl (C=O) groups is 1. The maximum atomic E-state index is 12.9. The number of aromatic nitrogens is 2. The van der Waals surface area contributed by atoms with Gasteiger partial charge < -0.3 is 10.6 Å². The van der Waals surface area contributed by atoms with Crippen LogP contribution in [0.1, 0.15) is 16.1 Å². The Labute approximate surface area is 148 Å². The molecule has 0 spiro atoms. The predicted molar refractivity (Wildman–Crippen MR) is 95.9 cm³/mol. The fourth-order valence-electron chi connectivity index (χ4n) is 2.14. The minimum Gasteiger partial charge on any atom is -0.324 e. The second kappa shape index (κ2) is 7.27. The number of nitrogens with zero attached hydrogens (tertiary/aromatic N) is 2. The molecule has 25 heavy (non-hydrogen) atoms. The first-order valence-corrected chi connectivity index (χ1v) is 7.83. The van der Waals surface area contributed by atoms with Crippen molar-refractivity contribution in [2.75, 3.05) is 10.6 Å². The molecular weight excluding hydrogens is 343 g/mol. The van der Waals surface area contributed by atoms with Gasteiger partial charge in [-0.25, -0.2) is 14.4 Å². The second-order valence-corrected chi connectivity index (χ2v) is 5.67. The highest BCUT2D eigenvalue weighted by Gasteiger charge is 2.11. The van der Waals surface area contributed by atoms with Crippen LogP contribution in [0.2, 0.25) is 5.02 Å². The number of amides is 1. The number of benzene rings is 2. The largest absolute Gasteiger partial charge is 0.324 e. The maximum Gasteiger partial charge on any atom is 0.274 e. The van der Waals surface area contributed by atoms with Gasteiger partial charge in [0.25, 0.3) is 5.91 Å². The molecule has 3 aromatic rings. The van der Waals surface area contributed by atoms with E-state index < -0.39 is 0 Å². The highest BCUT2D eigenvalue weighted by Crippen LogP contribution is 2.23. The maximum absolute atomic E-state index is 12.9. The Balaban J connectivity index is 1.77. The molecule has 0 atom stereocenters. The highest BCUT2D eigenvalue weighted by molar-refractivity contribution is 6.31. The van der Waals surface area contributed by atoms with Gasteiger partial charge in [-0.1, -0.05) is 17.7 Å². The Bertz CT molecular complexity index is 915. The third-order valence-electron chi connectivity index (χ3n) is 3.50. The zero-order valence-corrected chi connectivity index (χ0v) is 14.0. The molecule has 7 heteroatoms. The Morgan fingerprint density at radius 3 is 2.64 bits per heavy atom. The van der Waals surface area contributed by atoms with Crippen molar-refractivity contribution in [3.63, 3.8) is 0 Å². The van der Waals surface area contributed by atoms with Gasteiger partial charge in [-0.3, -0.25) is 4.79 Å². The van der Waals surface area contributed by atoms with Crippen LogP contribution in [0, 0.1) is 12.7 Å². The average Bonchev–Trinajstić information content (AvgIpc) is 2.61. The van der Waals surface area contributed by atoms with Crippen LogP contribution in [0.4, 0.5) is 21.7 Å². The van der Waals surface area contributed by atoms with E-state index in [0.29, 0.717) is 16.4 Å². The molecule has 0 unspecified atom stereocenters. The van der Waals surface area contributed by atoms with Crippen molar-refractivity contribution in [3.05, 3.63) is 76.8 Å². The molecule has 0 fully saturated rings. The molecule has 5 nitrogen and oxygen atoms in total. The number of nitrogens with one attached hydrogen (secondary N) is 2. The molecule has 3 rings (SSSR count). The van der Waals surface area contributed by atoms with Crippen LogP contribution < -0.4 is 10.6 Å². The quantitative estimate of drug-likeness (QED) is 0.718. The van der Waals surface area contributed by atoms with E-state index in [1.54, 1.807) is 30.3 Å². The van der Waals surface area contributed by atoms with Gasteiger partial charge in [-0.15, -0.1) is 0 Å². The third-order valence-corrected chi connectivity index (χ3v) is 3.91. The lowest BCUT2D eigenvalue weighted by atomic mass is 10.2. The topological polar surface area (TPSA) is 66.9 Å². The molecule has 1 heterocycles. The van der Waals surface area contributed by atoms with Crippen molar-refractivity contribution in [1.29, 1.82) is 0 Å². The zero-order valence-electron chi connectivity index (χ0n) is 13.3. The summed E-state index contributed by atoms with van der Waals surface area (Å²) in [5.41, 5.74) is 2.20. The first-order chi connectivity index (χ1) is 12.0. The number of hydrogen-bond acceptors (Lipinski definition) is 4. The minimum atomic E-state index is -0.380. The first-order valence-electron chi connectivity index (χ1n) is 7.45. The lowest BCUT2D eigenvalue weighted by molar-refractivity contribution is 0.102. The van der Waals surface area contributed by atoms with Gasteiger partial charge in [0.05, 0.1) is 0 Å².